The van der Waals surface area contributed by atoms with Gasteiger partial charge in [0, 0.05) is 0 Å². The zero-order valence-electron chi connectivity index (χ0n) is 13.5. The number of aliphatic imine (C=N–C) groups is 1. The van der Waals surface area contributed by atoms with E-state index in [9.17, 15) is 0 Å². The molecule has 0 saturated carbocycles. The van der Waals surface area contributed by atoms with Crippen LogP contribution in [0.4, 0.5) is 5.69 Å². The molecule has 0 bridgehead atoms. The number of nitrogens with zero attached hydrogens (tertiary/aromatic N) is 1. The molecule has 3 aromatic carbocycles. The van der Waals surface area contributed by atoms with Crippen molar-refractivity contribution in [3.63, 3.8) is 0 Å². The van der Waals surface area contributed by atoms with Crippen LogP contribution in [0.15, 0.2) is 65.7 Å². The first-order valence-electron chi connectivity index (χ1n) is 7.77. The number of guanidine groups is 1. The molecule has 0 heterocycles. The fourth-order valence-corrected chi connectivity index (χ4v) is 2.81. The summed E-state index contributed by atoms with van der Waals surface area (Å²) in [5.41, 5.74) is 15.5. The third-order valence-corrected chi connectivity index (χ3v) is 3.99. The maximum Gasteiger partial charge on any atom is 0.191 e. The van der Waals surface area contributed by atoms with Gasteiger partial charge >= 0.3 is 0 Å². The van der Waals surface area contributed by atoms with Crippen LogP contribution in [0.2, 0.25) is 0 Å². The highest BCUT2D eigenvalue weighted by Crippen LogP contribution is 2.32. The van der Waals surface area contributed by atoms with Crippen molar-refractivity contribution in [3.05, 3.63) is 66.2 Å². The molecular weight excluding hydrogens is 282 g/mol. The maximum absolute atomic E-state index is 5.46. The molecule has 0 aromatic heterocycles. The van der Waals surface area contributed by atoms with Crippen LogP contribution in [0.5, 0.6) is 0 Å². The Morgan fingerprint density at radius 3 is 2.43 bits per heavy atom. The van der Waals surface area contributed by atoms with Gasteiger partial charge < -0.3 is 11.5 Å². The van der Waals surface area contributed by atoms with E-state index >= 15 is 0 Å². The number of fused-ring (bicyclic) bond motifs is 1. The van der Waals surface area contributed by atoms with Gasteiger partial charge in [0.15, 0.2) is 5.96 Å². The molecule has 3 nitrogen and oxygen atoms in total. The second-order valence-electron chi connectivity index (χ2n) is 6.03. The zero-order chi connectivity index (χ0) is 16.4. The van der Waals surface area contributed by atoms with Gasteiger partial charge in [0.25, 0.3) is 0 Å². The van der Waals surface area contributed by atoms with Gasteiger partial charge in [0.2, 0.25) is 0 Å². The SMILES string of the molecule is CC(C)c1cccc(-c2cccc3cc(N=C(N)N)ccc23)c1. The lowest BCUT2D eigenvalue weighted by Crippen LogP contribution is -2.21. The molecule has 23 heavy (non-hydrogen) atoms. The van der Waals surface area contributed by atoms with Crippen LogP contribution in [-0.2, 0) is 0 Å². The van der Waals surface area contributed by atoms with E-state index in [4.69, 9.17) is 11.5 Å². The second kappa shape index (κ2) is 6.13. The van der Waals surface area contributed by atoms with E-state index in [0.717, 1.165) is 11.1 Å². The average Bonchev–Trinajstić information content (AvgIpc) is 2.53. The highest BCUT2D eigenvalue weighted by atomic mass is 15.0. The Hall–Kier alpha value is -2.81. The Bertz CT molecular complexity index is 875. The molecule has 3 rings (SSSR count). The largest absolute Gasteiger partial charge is 0.370 e. The fraction of sp³-hybridized carbons (Fsp3) is 0.150. The van der Waals surface area contributed by atoms with E-state index < -0.39 is 0 Å². The summed E-state index contributed by atoms with van der Waals surface area (Å²) in [5.74, 6) is 0.587. The topological polar surface area (TPSA) is 64.4 Å². The van der Waals surface area contributed by atoms with Crippen LogP contribution < -0.4 is 11.5 Å². The summed E-state index contributed by atoms with van der Waals surface area (Å²) in [6, 6.07) is 21.1. The Kier molecular flexibility index (Phi) is 4.02. The van der Waals surface area contributed by atoms with Crippen molar-refractivity contribution in [2.45, 2.75) is 19.8 Å². The maximum atomic E-state index is 5.46. The molecule has 3 heteroatoms. The minimum atomic E-state index is 0.0742. The average molecular weight is 303 g/mol. The van der Waals surface area contributed by atoms with E-state index in [-0.39, 0.29) is 5.96 Å². The summed E-state index contributed by atoms with van der Waals surface area (Å²) >= 11 is 0. The van der Waals surface area contributed by atoms with E-state index in [0.29, 0.717) is 5.92 Å². The van der Waals surface area contributed by atoms with Crippen molar-refractivity contribution in [2.75, 3.05) is 0 Å². The van der Waals surface area contributed by atoms with Gasteiger partial charge in [-0.2, -0.15) is 0 Å². The van der Waals surface area contributed by atoms with Crippen LogP contribution in [0.1, 0.15) is 25.3 Å². The van der Waals surface area contributed by atoms with E-state index in [2.05, 4.69) is 67.4 Å². The molecule has 0 spiro atoms. The van der Waals surface area contributed by atoms with Crippen molar-refractivity contribution in [1.82, 2.24) is 0 Å². The lowest BCUT2D eigenvalue weighted by atomic mass is 9.94. The summed E-state index contributed by atoms with van der Waals surface area (Å²) in [4.78, 5) is 4.12. The Morgan fingerprint density at radius 2 is 1.70 bits per heavy atom. The lowest BCUT2D eigenvalue weighted by Gasteiger charge is -2.11. The number of nitrogens with two attached hydrogens (primary N) is 2. The van der Waals surface area contributed by atoms with Gasteiger partial charge in [-0.15, -0.1) is 0 Å². The first kappa shape index (κ1) is 15.1. The molecule has 0 aliphatic carbocycles. The highest BCUT2D eigenvalue weighted by Gasteiger charge is 2.06. The van der Waals surface area contributed by atoms with Crippen LogP contribution in [0.25, 0.3) is 21.9 Å². The molecule has 0 saturated heterocycles. The Labute approximate surface area is 136 Å². The van der Waals surface area contributed by atoms with Crippen LogP contribution in [-0.4, -0.2) is 5.96 Å². The molecule has 4 N–H and O–H groups in total. The number of benzene rings is 3. The van der Waals surface area contributed by atoms with Crippen LogP contribution >= 0.6 is 0 Å². The van der Waals surface area contributed by atoms with Crippen molar-refractivity contribution in [1.29, 1.82) is 0 Å². The minimum absolute atomic E-state index is 0.0742. The van der Waals surface area contributed by atoms with E-state index in [1.165, 1.54) is 22.1 Å². The molecule has 0 atom stereocenters. The van der Waals surface area contributed by atoms with Crippen LogP contribution in [0.3, 0.4) is 0 Å². The monoisotopic (exact) mass is 303 g/mol. The molecule has 0 fully saturated rings. The quantitative estimate of drug-likeness (QED) is 0.551. The van der Waals surface area contributed by atoms with Gasteiger partial charge in [0.1, 0.15) is 0 Å². The summed E-state index contributed by atoms with van der Waals surface area (Å²) in [7, 11) is 0. The van der Waals surface area contributed by atoms with Gasteiger partial charge in [-0.05, 0) is 45.5 Å². The van der Waals surface area contributed by atoms with Gasteiger partial charge in [-0.25, -0.2) is 4.99 Å². The van der Waals surface area contributed by atoms with Crippen molar-refractivity contribution in [3.8, 4) is 11.1 Å². The van der Waals surface area contributed by atoms with Gasteiger partial charge in [-0.3, -0.25) is 0 Å². The fourth-order valence-electron chi connectivity index (χ4n) is 2.81. The summed E-state index contributed by atoms with van der Waals surface area (Å²) in [5, 5.41) is 2.32. The Morgan fingerprint density at radius 1 is 0.913 bits per heavy atom. The van der Waals surface area contributed by atoms with Gasteiger partial charge in [0.05, 0.1) is 5.69 Å². The van der Waals surface area contributed by atoms with Crippen molar-refractivity contribution >= 4 is 22.4 Å². The first-order chi connectivity index (χ1) is 11.0. The third kappa shape index (κ3) is 3.19. The minimum Gasteiger partial charge on any atom is -0.370 e. The molecule has 0 aliphatic heterocycles. The predicted octanol–water partition coefficient (Wildman–Crippen LogP) is 4.54. The number of hydrogen-bond donors (Lipinski definition) is 2. The van der Waals surface area contributed by atoms with Crippen LogP contribution in [0, 0.1) is 0 Å². The summed E-state index contributed by atoms with van der Waals surface area (Å²) in [6.07, 6.45) is 0. The molecule has 0 amide bonds. The Balaban J connectivity index is 2.15. The van der Waals surface area contributed by atoms with E-state index in [1.54, 1.807) is 0 Å². The van der Waals surface area contributed by atoms with Gasteiger partial charge in [-0.1, -0.05) is 62.4 Å². The third-order valence-electron chi connectivity index (χ3n) is 3.99. The number of rotatable bonds is 3. The first-order valence-corrected chi connectivity index (χ1v) is 7.77. The van der Waals surface area contributed by atoms with Crippen molar-refractivity contribution < 1.29 is 0 Å². The van der Waals surface area contributed by atoms with E-state index in [1.807, 2.05) is 12.1 Å². The molecule has 0 radical (unpaired) electrons. The highest BCUT2D eigenvalue weighted by molar-refractivity contribution is 5.98. The molecule has 116 valence electrons. The molecular formula is C20H21N3. The summed E-state index contributed by atoms with van der Waals surface area (Å²) in [6.45, 7) is 4.42. The molecule has 0 unspecified atom stereocenters. The second-order valence-corrected chi connectivity index (χ2v) is 6.03. The lowest BCUT2D eigenvalue weighted by molar-refractivity contribution is 0.867. The normalized spacial score (nSPS) is 10.9. The predicted molar refractivity (Wildman–Crippen MR) is 98.9 cm³/mol. The number of hydrogen-bond acceptors (Lipinski definition) is 1. The standard InChI is InChI=1S/C20H21N3/c1-13(2)14-5-3-6-15(11-14)18-8-4-7-16-12-17(23-20(21)22)9-10-19(16)18/h3-13H,1-2H3,(H4,21,22,23). The molecule has 0 aliphatic rings. The zero-order valence-corrected chi connectivity index (χ0v) is 13.5. The summed E-state index contributed by atoms with van der Waals surface area (Å²) < 4.78 is 0. The smallest absolute Gasteiger partial charge is 0.191 e. The molecule has 3 aromatic rings. The van der Waals surface area contributed by atoms with Crippen molar-refractivity contribution in [2.24, 2.45) is 16.5 Å².